The fraction of sp³-hybridized carbons (Fsp3) is 0.312. The summed E-state index contributed by atoms with van der Waals surface area (Å²) in [6, 6.07) is 7.64. The number of methoxy groups -OCH3 is 1. The van der Waals surface area contributed by atoms with E-state index in [1.165, 1.54) is 18.2 Å². The zero-order valence-electron chi connectivity index (χ0n) is 12.3. The predicted octanol–water partition coefficient (Wildman–Crippen LogP) is 3.17. The van der Waals surface area contributed by atoms with Crippen LogP contribution in [0.4, 0.5) is 4.39 Å². The zero-order valence-corrected chi connectivity index (χ0v) is 12.3. The van der Waals surface area contributed by atoms with Gasteiger partial charge in [0.2, 0.25) is 0 Å². The van der Waals surface area contributed by atoms with E-state index in [0.29, 0.717) is 22.8 Å². The molecule has 4 nitrogen and oxygen atoms in total. The summed E-state index contributed by atoms with van der Waals surface area (Å²) in [6.45, 7) is 3.63. The van der Waals surface area contributed by atoms with Crippen molar-refractivity contribution in [3.8, 4) is 11.5 Å². The molecule has 0 aliphatic rings. The maximum Gasteiger partial charge on any atom is 0.130 e. The second kappa shape index (κ2) is 6.54. The monoisotopic (exact) mass is 291 g/mol. The summed E-state index contributed by atoms with van der Waals surface area (Å²) in [7, 11) is 1.58. The third kappa shape index (κ3) is 3.92. The lowest BCUT2D eigenvalue weighted by molar-refractivity contribution is 0.189. The summed E-state index contributed by atoms with van der Waals surface area (Å²) >= 11 is 0. The number of hydrogen-bond acceptors (Lipinski definition) is 4. The number of nitrogens with zero attached hydrogens (tertiary/aromatic N) is 1. The minimum atomic E-state index is -0.736. The van der Waals surface area contributed by atoms with Crippen LogP contribution in [0.25, 0.3) is 0 Å². The van der Waals surface area contributed by atoms with Crippen molar-refractivity contribution >= 4 is 0 Å². The lowest BCUT2D eigenvalue weighted by atomic mass is 10.1. The van der Waals surface area contributed by atoms with E-state index in [2.05, 4.69) is 4.98 Å². The lowest BCUT2D eigenvalue weighted by Gasteiger charge is -2.14. The summed E-state index contributed by atoms with van der Waals surface area (Å²) in [5.74, 6) is 0.590. The summed E-state index contributed by atoms with van der Waals surface area (Å²) in [5, 5.41) is 9.68. The highest BCUT2D eigenvalue weighted by Crippen LogP contribution is 2.27. The molecule has 2 rings (SSSR count). The van der Waals surface area contributed by atoms with Gasteiger partial charge in [-0.05, 0) is 26.0 Å². The fourth-order valence-electron chi connectivity index (χ4n) is 2.02. The summed E-state index contributed by atoms with van der Waals surface area (Å²) in [4.78, 5) is 4.33. The van der Waals surface area contributed by atoms with Gasteiger partial charge in [0.05, 0.1) is 18.9 Å². The summed E-state index contributed by atoms with van der Waals surface area (Å²) < 4.78 is 24.1. The molecule has 1 atom stereocenters. The average molecular weight is 291 g/mol. The Kier molecular flexibility index (Phi) is 4.75. The standard InChI is InChI=1S/C16H18FNO3/c1-10-6-14(20-3)8-13(18-10)9-21-16-7-12(17)4-5-15(16)11(2)19/h4-8,11,19H,9H2,1-3H3. The Morgan fingerprint density at radius 1 is 1.29 bits per heavy atom. The number of aliphatic hydroxyl groups excluding tert-OH is 1. The van der Waals surface area contributed by atoms with Crippen molar-refractivity contribution in [1.82, 2.24) is 4.98 Å². The Bertz CT molecular complexity index is 629. The minimum absolute atomic E-state index is 0.168. The minimum Gasteiger partial charge on any atom is -0.497 e. The highest BCUT2D eigenvalue weighted by atomic mass is 19.1. The molecule has 5 heteroatoms. The van der Waals surface area contributed by atoms with Gasteiger partial charge in [-0.25, -0.2) is 4.39 Å². The number of aryl methyl sites for hydroxylation is 1. The summed E-state index contributed by atoms with van der Waals surface area (Å²) in [6.07, 6.45) is -0.736. The normalized spacial score (nSPS) is 12.0. The van der Waals surface area contributed by atoms with Crippen LogP contribution in [-0.2, 0) is 6.61 Å². The van der Waals surface area contributed by atoms with E-state index < -0.39 is 11.9 Å². The van der Waals surface area contributed by atoms with Gasteiger partial charge in [-0.15, -0.1) is 0 Å². The van der Waals surface area contributed by atoms with Gasteiger partial charge < -0.3 is 14.6 Å². The van der Waals surface area contributed by atoms with Crippen molar-refractivity contribution in [1.29, 1.82) is 0 Å². The molecule has 0 bridgehead atoms. The molecule has 0 saturated carbocycles. The van der Waals surface area contributed by atoms with E-state index >= 15 is 0 Å². The average Bonchev–Trinajstić information content (AvgIpc) is 2.44. The van der Waals surface area contributed by atoms with Gasteiger partial charge in [0.1, 0.15) is 23.9 Å². The fourth-order valence-corrected chi connectivity index (χ4v) is 2.02. The molecule has 0 aliphatic heterocycles. The molecule has 21 heavy (non-hydrogen) atoms. The van der Waals surface area contributed by atoms with Gasteiger partial charge in [0, 0.05) is 29.5 Å². The number of hydrogen-bond donors (Lipinski definition) is 1. The lowest BCUT2D eigenvalue weighted by Crippen LogP contribution is -2.04. The van der Waals surface area contributed by atoms with E-state index in [1.807, 2.05) is 13.0 Å². The van der Waals surface area contributed by atoms with Crippen molar-refractivity contribution in [3.05, 3.63) is 53.1 Å². The van der Waals surface area contributed by atoms with Gasteiger partial charge >= 0.3 is 0 Å². The Hall–Kier alpha value is -2.14. The molecule has 1 heterocycles. The third-order valence-electron chi connectivity index (χ3n) is 3.02. The zero-order chi connectivity index (χ0) is 15.4. The number of benzene rings is 1. The molecule has 112 valence electrons. The molecule has 0 spiro atoms. The SMILES string of the molecule is COc1cc(C)nc(COc2cc(F)ccc2C(C)O)c1. The van der Waals surface area contributed by atoms with Crippen molar-refractivity contribution in [3.63, 3.8) is 0 Å². The molecule has 0 amide bonds. The van der Waals surface area contributed by atoms with Crippen LogP contribution in [0.1, 0.15) is 30.0 Å². The van der Waals surface area contributed by atoms with E-state index in [9.17, 15) is 9.50 Å². The molecule has 1 aromatic carbocycles. The smallest absolute Gasteiger partial charge is 0.130 e. The van der Waals surface area contributed by atoms with Crippen LogP contribution in [0.3, 0.4) is 0 Å². The Balaban J connectivity index is 2.20. The molecule has 1 unspecified atom stereocenters. The molecular weight excluding hydrogens is 273 g/mol. The van der Waals surface area contributed by atoms with Gasteiger partial charge in [-0.3, -0.25) is 4.98 Å². The predicted molar refractivity (Wildman–Crippen MR) is 76.9 cm³/mol. The van der Waals surface area contributed by atoms with Gasteiger partial charge in [0.15, 0.2) is 0 Å². The molecule has 0 fully saturated rings. The van der Waals surface area contributed by atoms with Crippen LogP contribution in [0.15, 0.2) is 30.3 Å². The topological polar surface area (TPSA) is 51.6 Å². The molecule has 1 aromatic heterocycles. The molecular formula is C16H18FNO3. The van der Waals surface area contributed by atoms with Crippen LogP contribution in [0.2, 0.25) is 0 Å². The molecule has 2 aromatic rings. The largest absolute Gasteiger partial charge is 0.497 e. The number of pyridine rings is 1. The van der Waals surface area contributed by atoms with Crippen molar-refractivity contribution < 1.29 is 19.0 Å². The first-order chi connectivity index (χ1) is 9.99. The number of halogens is 1. The molecule has 0 aliphatic carbocycles. The number of ether oxygens (including phenoxy) is 2. The first-order valence-corrected chi connectivity index (χ1v) is 6.61. The number of aromatic nitrogens is 1. The quantitative estimate of drug-likeness (QED) is 0.919. The van der Waals surface area contributed by atoms with Gasteiger partial charge in [0.25, 0.3) is 0 Å². The van der Waals surface area contributed by atoms with Crippen LogP contribution in [0, 0.1) is 12.7 Å². The molecule has 0 radical (unpaired) electrons. The second-order valence-corrected chi connectivity index (χ2v) is 4.79. The van der Waals surface area contributed by atoms with Gasteiger partial charge in [-0.2, -0.15) is 0 Å². The van der Waals surface area contributed by atoms with Crippen molar-refractivity contribution in [2.75, 3.05) is 7.11 Å². The number of rotatable bonds is 5. The van der Waals surface area contributed by atoms with Crippen LogP contribution in [0.5, 0.6) is 11.5 Å². The molecule has 1 N–H and O–H groups in total. The van der Waals surface area contributed by atoms with Crippen molar-refractivity contribution in [2.24, 2.45) is 0 Å². The Morgan fingerprint density at radius 3 is 2.71 bits per heavy atom. The first kappa shape index (κ1) is 15.3. The summed E-state index contributed by atoms with van der Waals surface area (Å²) in [5.41, 5.74) is 2.02. The Morgan fingerprint density at radius 2 is 2.05 bits per heavy atom. The van der Waals surface area contributed by atoms with E-state index in [1.54, 1.807) is 20.1 Å². The van der Waals surface area contributed by atoms with E-state index in [-0.39, 0.29) is 6.61 Å². The van der Waals surface area contributed by atoms with Gasteiger partial charge in [-0.1, -0.05) is 0 Å². The highest BCUT2D eigenvalue weighted by molar-refractivity contribution is 5.36. The molecule has 0 saturated heterocycles. The van der Waals surface area contributed by atoms with Crippen LogP contribution >= 0.6 is 0 Å². The third-order valence-corrected chi connectivity index (χ3v) is 3.02. The van der Waals surface area contributed by atoms with E-state index in [0.717, 1.165) is 5.69 Å². The maximum absolute atomic E-state index is 13.3. The second-order valence-electron chi connectivity index (χ2n) is 4.79. The number of aliphatic hydroxyl groups is 1. The van der Waals surface area contributed by atoms with Crippen LogP contribution in [-0.4, -0.2) is 17.2 Å². The van der Waals surface area contributed by atoms with Crippen LogP contribution < -0.4 is 9.47 Å². The first-order valence-electron chi connectivity index (χ1n) is 6.61. The van der Waals surface area contributed by atoms with E-state index in [4.69, 9.17) is 9.47 Å². The highest BCUT2D eigenvalue weighted by Gasteiger charge is 2.11. The Labute approximate surface area is 123 Å². The maximum atomic E-state index is 13.3. The van der Waals surface area contributed by atoms with Crippen molar-refractivity contribution in [2.45, 2.75) is 26.6 Å².